The number of rotatable bonds is 10. The van der Waals surface area contributed by atoms with E-state index in [1.807, 2.05) is 44.2 Å². The molecule has 2 N–H and O–H groups in total. The van der Waals surface area contributed by atoms with E-state index in [4.69, 9.17) is 16.3 Å². The van der Waals surface area contributed by atoms with Crippen molar-refractivity contribution in [1.82, 2.24) is 10.0 Å². The predicted octanol–water partition coefficient (Wildman–Crippen LogP) is 3.54. The van der Waals surface area contributed by atoms with Crippen LogP contribution in [0, 0.1) is 0 Å². The second kappa shape index (κ2) is 10.6. The van der Waals surface area contributed by atoms with E-state index >= 15 is 0 Å². The number of nitrogens with one attached hydrogen (secondary N) is 2. The molecule has 2 aromatic rings. The summed E-state index contributed by atoms with van der Waals surface area (Å²) in [6.07, 6.45) is 1.93. The molecular formula is C21H27ClN2O4S. The number of methoxy groups -OCH3 is 1. The molecular weight excluding hydrogens is 412 g/mol. The van der Waals surface area contributed by atoms with E-state index in [0.29, 0.717) is 0 Å². The van der Waals surface area contributed by atoms with Gasteiger partial charge in [0.1, 0.15) is 16.7 Å². The van der Waals surface area contributed by atoms with Gasteiger partial charge in [-0.15, -0.1) is 0 Å². The van der Waals surface area contributed by atoms with Crippen LogP contribution in [-0.4, -0.2) is 33.5 Å². The average Bonchev–Trinajstić information content (AvgIpc) is 2.68. The maximum absolute atomic E-state index is 13.1. The Morgan fingerprint density at radius 1 is 1.17 bits per heavy atom. The number of hydrogen-bond donors (Lipinski definition) is 2. The fourth-order valence-electron chi connectivity index (χ4n) is 3.00. The van der Waals surface area contributed by atoms with Gasteiger partial charge in [0.05, 0.1) is 7.11 Å². The molecule has 1 amide bonds. The lowest BCUT2D eigenvalue weighted by Gasteiger charge is -2.22. The first-order chi connectivity index (χ1) is 13.8. The van der Waals surface area contributed by atoms with Crippen LogP contribution in [0.4, 0.5) is 0 Å². The second-order valence-corrected chi connectivity index (χ2v) is 8.98. The van der Waals surface area contributed by atoms with Crippen LogP contribution in [0.2, 0.25) is 5.02 Å². The molecule has 29 heavy (non-hydrogen) atoms. The second-order valence-electron chi connectivity index (χ2n) is 6.86. The van der Waals surface area contributed by atoms with Crippen molar-refractivity contribution in [1.29, 1.82) is 0 Å². The van der Waals surface area contributed by atoms with Crippen molar-refractivity contribution in [2.75, 3.05) is 7.11 Å². The Morgan fingerprint density at radius 2 is 1.86 bits per heavy atom. The molecule has 6 nitrogen and oxygen atoms in total. The third kappa shape index (κ3) is 6.73. The lowest BCUT2D eigenvalue weighted by Crippen LogP contribution is -2.50. The maximum Gasteiger partial charge on any atom is 0.245 e. The van der Waals surface area contributed by atoms with Gasteiger partial charge in [-0.1, -0.05) is 55.3 Å². The summed E-state index contributed by atoms with van der Waals surface area (Å²) < 4.78 is 33.8. The number of halogens is 1. The number of hydrogen-bond acceptors (Lipinski definition) is 4. The molecule has 0 aliphatic heterocycles. The number of ether oxygens (including phenoxy) is 1. The summed E-state index contributed by atoms with van der Waals surface area (Å²) >= 11 is 5.99. The summed E-state index contributed by atoms with van der Waals surface area (Å²) in [5.74, 6) is -0.223. The van der Waals surface area contributed by atoms with Crippen LogP contribution in [0.1, 0.15) is 32.3 Å². The predicted molar refractivity (Wildman–Crippen MR) is 115 cm³/mol. The zero-order valence-corrected chi connectivity index (χ0v) is 18.4. The molecule has 0 saturated carbocycles. The van der Waals surface area contributed by atoms with Crippen LogP contribution in [0.15, 0.2) is 53.4 Å². The lowest BCUT2D eigenvalue weighted by atomic mass is 10.1. The van der Waals surface area contributed by atoms with E-state index in [1.165, 1.54) is 19.2 Å². The number of sulfonamides is 1. The summed E-state index contributed by atoms with van der Waals surface area (Å²) in [5, 5.41) is 3.15. The van der Waals surface area contributed by atoms with Gasteiger partial charge >= 0.3 is 0 Å². The number of benzene rings is 2. The molecule has 0 spiro atoms. The normalized spacial score (nSPS) is 13.5. The molecule has 0 aliphatic rings. The summed E-state index contributed by atoms with van der Waals surface area (Å²) in [5.41, 5.74) is 0.844. The van der Waals surface area contributed by atoms with Crippen LogP contribution in [-0.2, 0) is 21.2 Å². The molecule has 158 valence electrons. The van der Waals surface area contributed by atoms with E-state index in [1.54, 1.807) is 6.07 Å². The van der Waals surface area contributed by atoms with Gasteiger partial charge in [-0.2, -0.15) is 4.72 Å². The summed E-state index contributed by atoms with van der Waals surface area (Å²) in [4.78, 5) is 12.8. The van der Waals surface area contributed by atoms with Crippen molar-refractivity contribution in [3.63, 3.8) is 0 Å². The van der Waals surface area contributed by atoms with E-state index in [0.717, 1.165) is 18.4 Å². The van der Waals surface area contributed by atoms with Gasteiger partial charge in [0.15, 0.2) is 0 Å². The Labute approximate surface area is 177 Å². The number of carbonyl (C=O) groups is 1. The van der Waals surface area contributed by atoms with Gasteiger partial charge in [-0.05, 0) is 43.5 Å². The Hall–Kier alpha value is -2.09. The largest absolute Gasteiger partial charge is 0.495 e. The van der Waals surface area contributed by atoms with Crippen LogP contribution in [0.5, 0.6) is 5.75 Å². The van der Waals surface area contributed by atoms with Crippen molar-refractivity contribution in [2.45, 2.75) is 50.1 Å². The average molecular weight is 439 g/mol. The molecule has 0 radical (unpaired) electrons. The smallest absolute Gasteiger partial charge is 0.245 e. The van der Waals surface area contributed by atoms with E-state index in [9.17, 15) is 13.2 Å². The number of amides is 1. The highest BCUT2D eigenvalue weighted by molar-refractivity contribution is 7.89. The van der Waals surface area contributed by atoms with Crippen molar-refractivity contribution in [3.05, 3.63) is 59.1 Å². The van der Waals surface area contributed by atoms with Gasteiger partial charge in [0, 0.05) is 11.1 Å². The summed E-state index contributed by atoms with van der Waals surface area (Å²) in [7, 11) is -2.68. The van der Waals surface area contributed by atoms with Gasteiger partial charge in [-0.25, -0.2) is 8.42 Å². The van der Waals surface area contributed by atoms with Crippen molar-refractivity contribution < 1.29 is 17.9 Å². The maximum atomic E-state index is 13.1. The first kappa shape index (κ1) is 23.2. The monoisotopic (exact) mass is 438 g/mol. The zero-order valence-electron chi connectivity index (χ0n) is 16.8. The van der Waals surface area contributed by atoms with Crippen LogP contribution < -0.4 is 14.8 Å². The molecule has 0 bridgehead atoms. The van der Waals surface area contributed by atoms with Crippen LogP contribution in [0.3, 0.4) is 0 Å². The third-order valence-corrected chi connectivity index (χ3v) is 6.15. The molecule has 0 heterocycles. The van der Waals surface area contributed by atoms with E-state index in [-0.39, 0.29) is 34.0 Å². The van der Waals surface area contributed by atoms with E-state index < -0.39 is 16.1 Å². The highest BCUT2D eigenvalue weighted by Gasteiger charge is 2.29. The lowest BCUT2D eigenvalue weighted by molar-refractivity contribution is -0.123. The molecule has 8 heteroatoms. The van der Waals surface area contributed by atoms with Gasteiger partial charge in [0.2, 0.25) is 15.9 Å². The SMILES string of the molecule is CCC[C@@H](C)NC(=O)[C@H](Cc1ccccc1)NS(=O)(=O)c1cc(Cl)ccc1OC. The fraction of sp³-hybridized carbons (Fsp3) is 0.381. The zero-order chi connectivity index (χ0) is 21.4. The molecule has 2 aromatic carbocycles. The Kier molecular flexibility index (Phi) is 8.49. The summed E-state index contributed by atoms with van der Waals surface area (Å²) in [6.45, 7) is 3.92. The Bertz CT molecular complexity index is 920. The first-order valence-corrected chi connectivity index (χ1v) is 11.3. The Balaban J connectivity index is 2.32. The minimum absolute atomic E-state index is 0.0593. The minimum Gasteiger partial charge on any atom is -0.495 e. The van der Waals surface area contributed by atoms with Crippen molar-refractivity contribution in [3.8, 4) is 5.75 Å². The number of carbonyl (C=O) groups excluding carboxylic acids is 1. The van der Waals surface area contributed by atoms with Gasteiger partial charge in [-0.3, -0.25) is 4.79 Å². The first-order valence-electron chi connectivity index (χ1n) is 9.47. The minimum atomic E-state index is -4.06. The molecule has 2 rings (SSSR count). The highest BCUT2D eigenvalue weighted by atomic mass is 35.5. The third-order valence-electron chi connectivity index (χ3n) is 4.42. The van der Waals surface area contributed by atoms with Crippen LogP contribution in [0.25, 0.3) is 0 Å². The van der Waals surface area contributed by atoms with E-state index in [2.05, 4.69) is 10.0 Å². The Morgan fingerprint density at radius 3 is 2.48 bits per heavy atom. The molecule has 2 atom stereocenters. The topological polar surface area (TPSA) is 84.5 Å². The molecule has 0 fully saturated rings. The standard InChI is InChI=1S/C21H27ClN2O4S/c1-4-8-15(2)23-21(25)18(13-16-9-6-5-7-10-16)24-29(26,27)20-14-17(22)11-12-19(20)28-3/h5-7,9-12,14-15,18,24H,4,8,13H2,1-3H3,(H,23,25)/t15-,18+/m1/s1. The molecule has 0 aromatic heterocycles. The van der Waals surface area contributed by atoms with Gasteiger partial charge < -0.3 is 10.1 Å². The molecule has 0 unspecified atom stereocenters. The van der Waals surface area contributed by atoms with Crippen LogP contribution >= 0.6 is 11.6 Å². The highest BCUT2D eigenvalue weighted by Crippen LogP contribution is 2.27. The van der Waals surface area contributed by atoms with Crippen molar-refractivity contribution in [2.24, 2.45) is 0 Å². The van der Waals surface area contributed by atoms with Gasteiger partial charge in [0.25, 0.3) is 0 Å². The quantitative estimate of drug-likeness (QED) is 0.594. The fourth-order valence-corrected chi connectivity index (χ4v) is 4.62. The molecule has 0 saturated heterocycles. The molecule has 0 aliphatic carbocycles. The van der Waals surface area contributed by atoms with Crippen molar-refractivity contribution >= 4 is 27.5 Å². The summed E-state index contributed by atoms with van der Waals surface area (Å²) in [6, 6.07) is 12.5.